The third kappa shape index (κ3) is 3.55. The second-order valence-corrected chi connectivity index (χ2v) is 5.29. The van der Waals surface area contributed by atoms with Crippen molar-refractivity contribution in [2.75, 3.05) is 20.8 Å². The zero-order chi connectivity index (χ0) is 15.5. The van der Waals surface area contributed by atoms with Gasteiger partial charge in [-0.15, -0.1) is 0 Å². The van der Waals surface area contributed by atoms with Crippen molar-refractivity contribution in [1.82, 2.24) is 0 Å². The van der Waals surface area contributed by atoms with Gasteiger partial charge in [-0.1, -0.05) is 18.2 Å². The minimum atomic E-state index is -0.176. The highest BCUT2D eigenvalue weighted by Crippen LogP contribution is 2.31. The molecule has 1 N–H and O–H groups in total. The number of rotatable bonds is 4. The summed E-state index contributed by atoms with van der Waals surface area (Å²) < 4.78 is 24.6. The molecule has 0 bridgehead atoms. The quantitative estimate of drug-likeness (QED) is 0.702. The molecular weight excluding hydrogens is 361 g/mol. The second-order valence-electron chi connectivity index (χ2n) is 5.29. The molecule has 1 heterocycles. The summed E-state index contributed by atoms with van der Waals surface area (Å²) in [6.45, 7) is 0.840. The van der Waals surface area contributed by atoms with Crippen LogP contribution in [0.4, 0.5) is 4.39 Å². The molecule has 2 aromatic rings. The number of hydrogen-bond donors (Lipinski definition) is 1. The Morgan fingerprint density at radius 2 is 1.78 bits per heavy atom. The molecule has 23 heavy (non-hydrogen) atoms. The van der Waals surface area contributed by atoms with E-state index < -0.39 is 0 Å². The van der Waals surface area contributed by atoms with Crippen LogP contribution in [0, 0.1) is 5.82 Å². The first-order chi connectivity index (χ1) is 10.7. The fourth-order valence-electron chi connectivity index (χ4n) is 2.84. The molecule has 0 spiro atoms. The molecule has 0 saturated heterocycles. The van der Waals surface area contributed by atoms with Gasteiger partial charge in [-0.05, 0) is 29.3 Å². The summed E-state index contributed by atoms with van der Waals surface area (Å²) in [5, 5.41) is 0. The monoisotopic (exact) mass is 379 g/mol. The largest absolute Gasteiger partial charge is 1.00 e. The van der Waals surface area contributed by atoms with Crippen molar-refractivity contribution in [3.8, 4) is 11.5 Å². The highest BCUT2D eigenvalue weighted by atomic mass is 79.9. The van der Waals surface area contributed by atoms with E-state index in [1.165, 1.54) is 11.6 Å². The first-order valence-electron chi connectivity index (χ1n) is 7.31. The molecule has 2 aromatic carbocycles. The van der Waals surface area contributed by atoms with Crippen molar-refractivity contribution in [2.24, 2.45) is 0 Å². The Morgan fingerprint density at radius 1 is 1.09 bits per heavy atom. The van der Waals surface area contributed by atoms with E-state index in [2.05, 4.69) is 4.99 Å². The molecular formula is C18H19BrFNO2. The maximum absolute atomic E-state index is 13.9. The van der Waals surface area contributed by atoms with Gasteiger partial charge in [0.05, 0.1) is 20.6 Å². The van der Waals surface area contributed by atoms with Gasteiger partial charge in [-0.25, -0.2) is 9.38 Å². The molecule has 0 unspecified atom stereocenters. The van der Waals surface area contributed by atoms with Crippen molar-refractivity contribution in [1.29, 1.82) is 0 Å². The standard InChI is InChI=1S/C18H18FNO2.BrH/c1-21-17-10-12-7-8-20-16(14(12)11-18(17)22-2)9-13-5-3-4-6-15(13)19;/h3-6,10-11H,7-9H2,1-2H3;1H. The third-order valence-corrected chi connectivity index (χ3v) is 3.99. The fourth-order valence-corrected chi connectivity index (χ4v) is 2.84. The first-order valence-corrected chi connectivity index (χ1v) is 7.31. The molecule has 0 aromatic heterocycles. The topological polar surface area (TPSA) is 32.4 Å². The molecule has 0 atom stereocenters. The molecule has 0 aliphatic carbocycles. The number of benzene rings is 2. The number of fused-ring (bicyclic) bond motifs is 1. The van der Waals surface area contributed by atoms with Crippen molar-refractivity contribution in [3.05, 3.63) is 58.9 Å². The lowest BCUT2D eigenvalue weighted by Gasteiger charge is -2.16. The molecule has 0 saturated carbocycles. The molecule has 0 fully saturated rings. The zero-order valence-corrected chi connectivity index (χ0v) is 14.7. The molecule has 3 rings (SSSR count). The molecule has 1 aliphatic heterocycles. The van der Waals surface area contributed by atoms with E-state index in [4.69, 9.17) is 9.47 Å². The van der Waals surface area contributed by atoms with E-state index in [9.17, 15) is 4.39 Å². The fraction of sp³-hybridized carbons (Fsp3) is 0.278. The van der Waals surface area contributed by atoms with Gasteiger partial charge in [-0.2, -0.15) is 0 Å². The minimum Gasteiger partial charge on any atom is -1.00 e. The van der Waals surface area contributed by atoms with E-state index in [1.54, 1.807) is 20.3 Å². The number of nitrogens with one attached hydrogen (secondary N) is 1. The van der Waals surface area contributed by atoms with Crippen LogP contribution in [0.2, 0.25) is 0 Å². The van der Waals surface area contributed by atoms with Gasteiger partial charge < -0.3 is 26.5 Å². The summed E-state index contributed by atoms with van der Waals surface area (Å²) in [7, 11) is 3.26. The maximum atomic E-state index is 13.9. The van der Waals surface area contributed by atoms with Gasteiger partial charge in [0.15, 0.2) is 17.2 Å². The number of methoxy groups -OCH3 is 2. The van der Waals surface area contributed by atoms with Crippen LogP contribution in [0.15, 0.2) is 36.4 Å². The van der Waals surface area contributed by atoms with Gasteiger partial charge >= 0.3 is 0 Å². The predicted octanol–water partition coefficient (Wildman–Crippen LogP) is -1.48. The lowest BCUT2D eigenvalue weighted by molar-refractivity contribution is -0.458. The van der Waals surface area contributed by atoms with Crippen LogP contribution in [-0.2, 0) is 12.8 Å². The highest BCUT2D eigenvalue weighted by molar-refractivity contribution is 6.00. The van der Waals surface area contributed by atoms with Gasteiger partial charge in [-0.3, -0.25) is 0 Å². The van der Waals surface area contributed by atoms with Crippen LogP contribution < -0.4 is 31.4 Å². The summed E-state index contributed by atoms with van der Waals surface area (Å²) >= 11 is 0. The van der Waals surface area contributed by atoms with E-state index in [0.717, 1.165) is 30.0 Å². The molecule has 3 nitrogen and oxygen atoms in total. The summed E-state index contributed by atoms with van der Waals surface area (Å²) in [6, 6.07) is 10.9. The van der Waals surface area contributed by atoms with Gasteiger partial charge in [0.1, 0.15) is 12.4 Å². The van der Waals surface area contributed by atoms with Crippen molar-refractivity contribution in [3.63, 3.8) is 0 Å². The summed E-state index contributed by atoms with van der Waals surface area (Å²) in [6.07, 6.45) is 1.45. The molecule has 0 amide bonds. The average molecular weight is 380 g/mol. The molecule has 122 valence electrons. The lowest BCUT2D eigenvalue weighted by atomic mass is 9.93. The number of ether oxygens (including phenoxy) is 2. The van der Waals surface area contributed by atoms with Crippen molar-refractivity contribution >= 4 is 5.71 Å². The smallest absolute Gasteiger partial charge is 0.186 e. The van der Waals surface area contributed by atoms with Gasteiger partial charge in [0.25, 0.3) is 0 Å². The summed E-state index contributed by atoms with van der Waals surface area (Å²) in [5.41, 5.74) is 3.98. The Kier molecular flexibility index (Phi) is 5.77. The predicted molar refractivity (Wildman–Crippen MR) is 83.3 cm³/mol. The molecule has 5 heteroatoms. The van der Waals surface area contributed by atoms with Crippen LogP contribution in [0.5, 0.6) is 11.5 Å². The SMILES string of the molecule is COc1cc2c(cc1OC)C(Cc1ccccc1F)=[NH+]CC2.[Br-]. The normalized spacial score (nSPS) is 12.7. The maximum Gasteiger partial charge on any atom is 0.186 e. The van der Waals surface area contributed by atoms with Crippen LogP contribution in [0.25, 0.3) is 0 Å². The van der Waals surface area contributed by atoms with E-state index in [1.807, 2.05) is 24.3 Å². The number of hydrogen-bond acceptors (Lipinski definition) is 2. The van der Waals surface area contributed by atoms with Gasteiger partial charge in [0, 0.05) is 12.0 Å². The Balaban J connectivity index is 0.00000192. The second kappa shape index (κ2) is 7.59. The van der Waals surface area contributed by atoms with E-state index in [-0.39, 0.29) is 22.8 Å². The highest BCUT2D eigenvalue weighted by Gasteiger charge is 2.23. The third-order valence-electron chi connectivity index (χ3n) is 3.99. The van der Waals surface area contributed by atoms with Crippen molar-refractivity contribution in [2.45, 2.75) is 12.8 Å². The van der Waals surface area contributed by atoms with Gasteiger partial charge in [0.2, 0.25) is 0 Å². The van der Waals surface area contributed by atoms with E-state index in [0.29, 0.717) is 17.7 Å². The van der Waals surface area contributed by atoms with Crippen LogP contribution in [0.3, 0.4) is 0 Å². The van der Waals surface area contributed by atoms with E-state index >= 15 is 0 Å². The average Bonchev–Trinajstić information content (AvgIpc) is 2.56. The lowest BCUT2D eigenvalue weighted by Crippen LogP contribution is -3.00. The van der Waals surface area contributed by atoms with Crippen LogP contribution in [0.1, 0.15) is 16.7 Å². The first kappa shape index (κ1) is 17.5. The number of halogens is 2. The Hall–Kier alpha value is -1.88. The Morgan fingerprint density at radius 3 is 2.48 bits per heavy atom. The van der Waals surface area contributed by atoms with Crippen molar-refractivity contribution < 1.29 is 35.8 Å². The summed E-state index contributed by atoms with van der Waals surface area (Å²) in [5.74, 6) is 1.24. The minimum absolute atomic E-state index is 0. The molecule has 1 aliphatic rings. The Labute approximate surface area is 145 Å². The van der Waals surface area contributed by atoms with Crippen LogP contribution >= 0.6 is 0 Å². The summed E-state index contributed by atoms with van der Waals surface area (Å²) in [4.78, 5) is 3.39. The Bertz CT molecular complexity index is 731. The molecule has 0 radical (unpaired) electrons. The van der Waals surface area contributed by atoms with Crippen LogP contribution in [-0.4, -0.2) is 26.5 Å². The zero-order valence-electron chi connectivity index (χ0n) is 13.2.